The number of carbonyl (C=O) groups excluding carboxylic acids is 1. The van der Waals surface area contributed by atoms with Crippen LogP contribution in [0.15, 0.2) is 18.2 Å². The normalized spacial score (nSPS) is 9.55. The van der Waals surface area contributed by atoms with Gasteiger partial charge in [-0.05, 0) is 31.0 Å². The Labute approximate surface area is 65.5 Å². The molecule has 0 bridgehead atoms. The molecule has 1 N–H and O–H groups in total. The second-order valence-corrected chi connectivity index (χ2v) is 2.26. The molecule has 0 atom stereocenters. The van der Waals surface area contributed by atoms with Gasteiger partial charge in [-0.15, -0.1) is 0 Å². The Hall–Kier alpha value is -1.31. The van der Waals surface area contributed by atoms with E-state index in [1.165, 1.54) is 6.07 Å². The minimum absolute atomic E-state index is 0.0252. The predicted molar refractivity (Wildman–Crippen MR) is 42.6 cm³/mol. The van der Waals surface area contributed by atoms with E-state index in [-0.39, 0.29) is 5.75 Å². The minimum atomic E-state index is 0.0252. The summed E-state index contributed by atoms with van der Waals surface area (Å²) in [6.07, 6.45) is 1.26. The molecule has 0 fully saturated rings. The van der Waals surface area contributed by atoms with Crippen LogP contribution in [0.1, 0.15) is 15.9 Å². The molecule has 1 aromatic rings. The monoisotopic (exact) mass is 149 g/mol. The summed E-state index contributed by atoms with van der Waals surface area (Å²) in [4.78, 5) is 10.3. The summed E-state index contributed by atoms with van der Waals surface area (Å²) in [5.74, 6) is 0.0252. The number of carbonyl (C=O) groups is 1. The van der Waals surface area contributed by atoms with Gasteiger partial charge in [0.2, 0.25) is 0 Å². The summed E-state index contributed by atoms with van der Waals surface area (Å²) in [6, 6.07) is 4.88. The van der Waals surface area contributed by atoms with Crippen LogP contribution in [0.3, 0.4) is 0 Å². The smallest absolute Gasteiger partial charge is 0.153 e. The fourth-order valence-electron chi connectivity index (χ4n) is 0.854. The number of aromatic hydroxyl groups is 1. The molecule has 57 valence electrons. The number of hydrogen-bond acceptors (Lipinski definition) is 2. The molecule has 1 radical (unpaired) electrons. The van der Waals surface area contributed by atoms with Crippen molar-refractivity contribution in [3.8, 4) is 5.75 Å². The molecule has 0 amide bonds. The molecular formula is C9H9O2. The van der Waals surface area contributed by atoms with Gasteiger partial charge in [-0.1, -0.05) is 6.07 Å². The molecule has 11 heavy (non-hydrogen) atoms. The molecule has 0 saturated heterocycles. The third-order valence-electron chi connectivity index (χ3n) is 1.51. The molecule has 1 rings (SSSR count). The molecule has 0 aliphatic rings. The molecular weight excluding hydrogens is 140 g/mol. The van der Waals surface area contributed by atoms with E-state index in [9.17, 15) is 4.79 Å². The van der Waals surface area contributed by atoms with Gasteiger partial charge in [0.1, 0.15) is 5.75 Å². The Balaban J connectivity index is 3.12. The topological polar surface area (TPSA) is 37.3 Å². The summed E-state index contributed by atoms with van der Waals surface area (Å²) < 4.78 is 0. The van der Waals surface area contributed by atoms with Gasteiger partial charge in [0.15, 0.2) is 6.29 Å². The average molecular weight is 149 g/mol. The van der Waals surface area contributed by atoms with Crippen molar-refractivity contribution in [3.63, 3.8) is 0 Å². The molecule has 0 aliphatic heterocycles. The lowest BCUT2D eigenvalue weighted by Gasteiger charge is -1.99. The number of aldehydes is 1. The van der Waals surface area contributed by atoms with Gasteiger partial charge in [-0.25, -0.2) is 0 Å². The second kappa shape index (κ2) is 3.19. The van der Waals surface area contributed by atoms with Gasteiger partial charge in [-0.3, -0.25) is 4.79 Å². The van der Waals surface area contributed by atoms with Crippen molar-refractivity contribution >= 4 is 6.29 Å². The van der Waals surface area contributed by atoms with Crippen molar-refractivity contribution in [1.82, 2.24) is 0 Å². The highest BCUT2D eigenvalue weighted by atomic mass is 16.3. The van der Waals surface area contributed by atoms with E-state index >= 15 is 0 Å². The Morgan fingerprint density at radius 1 is 1.55 bits per heavy atom. The predicted octanol–water partition coefficient (Wildman–Crippen LogP) is 1.58. The van der Waals surface area contributed by atoms with Crippen LogP contribution in [-0.2, 0) is 6.42 Å². The summed E-state index contributed by atoms with van der Waals surface area (Å²) in [5.41, 5.74) is 1.27. The van der Waals surface area contributed by atoms with Crippen molar-refractivity contribution in [2.24, 2.45) is 0 Å². The first-order chi connectivity index (χ1) is 5.27. The number of hydrogen-bond donors (Lipinski definition) is 1. The largest absolute Gasteiger partial charge is 0.507 e. The quantitative estimate of drug-likeness (QED) is 0.648. The molecule has 2 nitrogen and oxygen atoms in total. The van der Waals surface area contributed by atoms with Crippen LogP contribution in [0.4, 0.5) is 0 Å². The highest BCUT2D eigenvalue weighted by Gasteiger charge is 1.98. The van der Waals surface area contributed by atoms with Gasteiger partial charge in [0.25, 0.3) is 0 Å². The zero-order valence-electron chi connectivity index (χ0n) is 6.08. The van der Waals surface area contributed by atoms with Crippen molar-refractivity contribution in [1.29, 1.82) is 0 Å². The molecule has 0 aromatic heterocycles. The zero-order valence-corrected chi connectivity index (χ0v) is 6.08. The highest BCUT2D eigenvalue weighted by Crippen LogP contribution is 2.16. The Morgan fingerprint density at radius 2 is 2.27 bits per heavy atom. The number of benzene rings is 1. The molecule has 1 aromatic carbocycles. The van der Waals surface area contributed by atoms with Gasteiger partial charge in [0, 0.05) is 0 Å². The number of rotatable bonds is 2. The minimum Gasteiger partial charge on any atom is -0.507 e. The van der Waals surface area contributed by atoms with E-state index in [0.717, 1.165) is 5.56 Å². The fourth-order valence-corrected chi connectivity index (χ4v) is 0.854. The summed E-state index contributed by atoms with van der Waals surface area (Å²) in [6.45, 7) is 3.66. The third-order valence-corrected chi connectivity index (χ3v) is 1.51. The molecule has 2 heteroatoms. The van der Waals surface area contributed by atoms with Crippen LogP contribution >= 0.6 is 0 Å². The van der Waals surface area contributed by atoms with Crippen LogP contribution in [0.2, 0.25) is 0 Å². The van der Waals surface area contributed by atoms with Crippen molar-refractivity contribution in [2.45, 2.75) is 6.42 Å². The van der Waals surface area contributed by atoms with Crippen LogP contribution in [-0.4, -0.2) is 11.4 Å². The van der Waals surface area contributed by atoms with Gasteiger partial charge in [-0.2, -0.15) is 0 Å². The van der Waals surface area contributed by atoms with E-state index in [4.69, 9.17) is 5.11 Å². The highest BCUT2D eigenvalue weighted by molar-refractivity contribution is 5.79. The van der Waals surface area contributed by atoms with E-state index in [2.05, 4.69) is 6.92 Å². The first-order valence-corrected chi connectivity index (χ1v) is 3.34. The number of phenolic OH excluding ortho intramolecular Hbond substituents is 1. The molecule has 0 spiro atoms. The first kappa shape index (κ1) is 7.79. The van der Waals surface area contributed by atoms with E-state index in [1.54, 1.807) is 12.1 Å². The van der Waals surface area contributed by atoms with E-state index in [0.29, 0.717) is 18.3 Å². The Kier molecular flexibility index (Phi) is 2.26. The lowest BCUT2D eigenvalue weighted by Crippen LogP contribution is -1.85. The SMILES string of the molecule is [CH2]Cc1ccc(O)c(C=O)c1. The maximum absolute atomic E-state index is 10.3. The van der Waals surface area contributed by atoms with Crippen LogP contribution in [0.5, 0.6) is 5.75 Å². The standard InChI is InChI=1S/C9H9O2/c1-2-7-3-4-9(11)8(5-7)6-10/h3-6,11H,1-2H2. The second-order valence-electron chi connectivity index (χ2n) is 2.26. The summed E-state index contributed by atoms with van der Waals surface area (Å²) >= 11 is 0. The summed E-state index contributed by atoms with van der Waals surface area (Å²) in [7, 11) is 0. The molecule has 0 unspecified atom stereocenters. The molecule has 0 saturated carbocycles. The lowest BCUT2D eigenvalue weighted by molar-refractivity contribution is 0.112. The average Bonchev–Trinajstić information content (AvgIpc) is 2.05. The lowest BCUT2D eigenvalue weighted by atomic mass is 10.1. The Bertz CT molecular complexity index is 266. The van der Waals surface area contributed by atoms with Gasteiger partial charge >= 0.3 is 0 Å². The molecule has 0 aliphatic carbocycles. The zero-order chi connectivity index (χ0) is 8.27. The van der Waals surface area contributed by atoms with Crippen LogP contribution in [0.25, 0.3) is 0 Å². The number of phenols is 1. The van der Waals surface area contributed by atoms with Gasteiger partial charge < -0.3 is 5.11 Å². The molecule has 0 heterocycles. The fraction of sp³-hybridized carbons (Fsp3) is 0.111. The Morgan fingerprint density at radius 3 is 2.82 bits per heavy atom. The summed E-state index contributed by atoms with van der Waals surface area (Å²) in [5, 5.41) is 9.08. The van der Waals surface area contributed by atoms with E-state index < -0.39 is 0 Å². The van der Waals surface area contributed by atoms with Crippen molar-refractivity contribution in [3.05, 3.63) is 36.2 Å². The maximum atomic E-state index is 10.3. The van der Waals surface area contributed by atoms with Crippen LogP contribution in [0, 0.1) is 6.92 Å². The van der Waals surface area contributed by atoms with Gasteiger partial charge in [0.05, 0.1) is 5.56 Å². The van der Waals surface area contributed by atoms with Crippen LogP contribution < -0.4 is 0 Å². The third kappa shape index (κ3) is 1.58. The van der Waals surface area contributed by atoms with Crippen molar-refractivity contribution in [2.75, 3.05) is 0 Å². The maximum Gasteiger partial charge on any atom is 0.153 e. The first-order valence-electron chi connectivity index (χ1n) is 3.34. The van der Waals surface area contributed by atoms with Crippen molar-refractivity contribution < 1.29 is 9.90 Å². The van der Waals surface area contributed by atoms with E-state index in [1.807, 2.05) is 0 Å².